The summed E-state index contributed by atoms with van der Waals surface area (Å²) in [7, 11) is 0. The number of aromatic nitrogens is 3. The van der Waals surface area contributed by atoms with Crippen LogP contribution >= 0.6 is 0 Å². The van der Waals surface area contributed by atoms with Crippen molar-refractivity contribution in [2.24, 2.45) is 0 Å². The molecule has 166 valence electrons. The van der Waals surface area contributed by atoms with Gasteiger partial charge in [0, 0.05) is 24.4 Å². The molecule has 0 fully saturated rings. The summed E-state index contributed by atoms with van der Waals surface area (Å²) >= 11 is 0. The van der Waals surface area contributed by atoms with E-state index in [1.54, 1.807) is 10.8 Å². The van der Waals surface area contributed by atoms with Crippen molar-refractivity contribution in [1.29, 1.82) is 0 Å². The van der Waals surface area contributed by atoms with Gasteiger partial charge >= 0.3 is 6.43 Å². The molecule has 0 amide bonds. The van der Waals surface area contributed by atoms with Gasteiger partial charge < -0.3 is 8.98 Å². The van der Waals surface area contributed by atoms with Crippen molar-refractivity contribution < 1.29 is 13.2 Å². The van der Waals surface area contributed by atoms with Crippen LogP contribution in [0.15, 0.2) is 94.3 Å². The number of pyridine rings is 1. The predicted octanol–water partition coefficient (Wildman–Crippen LogP) is 5.81. The van der Waals surface area contributed by atoms with Gasteiger partial charge in [0.1, 0.15) is 0 Å². The van der Waals surface area contributed by atoms with E-state index < -0.39 is 12.3 Å². The van der Waals surface area contributed by atoms with Gasteiger partial charge in [0.2, 0.25) is 5.89 Å². The quantitative estimate of drug-likeness (QED) is 0.344. The van der Waals surface area contributed by atoms with Crippen LogP contribution in [0.25, 0.3) is 23.6 Å². The molecule has 0 saturated carbocycles. The van der Waals surface area contributed by atoms with Crippen molar-refractivity contribution in [2.75, 3.05) is 0 Å². The van der Waals surface area contributed by atoms with Crippen molar-refractivity contribution in [3.05, 3.63) is 118 Å². The molecule has 4 aromatic rings. The lowest BCUT2D eigenvalue weighted by atomic mass is 10.1. The first-order chi connectivity index (χ1) is 16.1. The molecule has 2 heterocycles. The van der Waals surface area contributed by atoms with Crippen molar-refractivity contribution >= 4 is 12.2 Å². The lowest BCUT2D eigenvalue weighted by Gasteiger charge is -2.09. The van der Waals surface area contributed by atoms with Gasteiger partial charge in [-0.05, 0) is 23.1 Å². The third-order valence-electron chi connectivity index (χ3n) is 4.93. The van der Waals surface area contributed by atoms with Gasteiger partial charge in [0.25, 0.3) is 11.4 Å². The molecule has 2 aromatic heterocycles. The van der Waals surface area contributed by atoms with Gasteiger partial charge in [0.15, 0.2) is 0 Å². The summed E-state index contributed by atoms with van der Waals surface area (Å²) in [6, 6.07) is 20.9. The molecule has 0 radical (unpaired) electrons. The second kappa shape index (κ2) is 10.5. The van der Waals surface area contributed by atoms with Crippen LogP contribution in [0.5, 0.6) is 0 Å². The molecule has 0 spiro atoms. The topological polar surface area (TPSA) is 60.9 Å². The maximum atomic E-state index is 12.9. The number of allylic oxidation sites excluding steroid dienone is 2. The van der Waals surface area contributed by atoms with E-state index >= 15 is 0 Å². The van der Waals surface area contributed by atoms with Gasteiger partial charge in [-0.3, -0.25) is 4.79 Å². The Morgan fingerprint density at radius 1 is 0.909 bits per heavy atom. The van der Waals surface area contributed by atoms with Crippen LogP contribution in [0.2, 0.25) is 0 Å². The Labute approximate surface area is 189 Å². The maximum Gasteiger partial charge on any atom is 0.314 e. The highest BCUT2D eigenvalue weighted by molar-refractivity contribution is 5.59. The zero-order chi connectivity index (χ0) is 23.0. The molecule has 0 aliphatic heterocycles. The Hall–Kier alpha value is -4.13. The Morgan fingerprint density at radius 2 is 1.55 bits per heavy atom. The number of nitrogens with zero attached hydrogens (tertiary/aromatic N) is 3. The first-order valence-electron chi connectivity index (χ1n) is 10.4. The van der Waals surface area contributed by atoms with E-state index in [4.69, 9.17) is 4.42 Å². The van der Waals surface area contributed by atoms with E-state index in [-0.39, 0.29) is 11.4 Å². The van der Waals surface area contributed by atoms with Crippen LogP contribution in [-0.2, 0) is 13.0 Å². The highest BCUT2D eigenvalue weighted by atomic mass is 19.3. The number of hydrogen-bond acceptors (Lipinski definition) is 4. The summed E-state index contributed by atoms with van der Waals surface area (Å²) in [5.41, 5.74) is 2.81. The lowest BCUT2D eigenvalue weighted by molar-refractivity contribution is 0.116. The van der Waals surface area contributed by atoms with E-state index in [9.17, 15) is 13.6 Å². The molecule has 0 aliphatic rings. The average molecular weight is 445 g/mol. The van der Waals surface area contributed by atoms with Gasteiger partial charge in [-0.15, -0.1) is 10.2 Å². The molecule has 0 atom stereocenters. The van der Waals surface area contributed by atoms with Gasteiger partial charge in [-0.1, -0.05) is 85.0 Å². The van der Waals surface area contributed by atoms with Crippen molar-refractivity contribution in [1.82, 2.24) is 14.8 Å². The number of alkyl halides is 2. The van der Waals surface area contributed by atoms with Crippen molar-refractivity contribution in [3.63, 3.8) is 0 Å². The van der Waals surface area contributed by atoms with Crippen LogP contribution in [0, 0.1) is 0 Å². The standard InChI is InChI=1S/C26H21F2N3O2/c27-24(28)26-30-29-25(33-26)22-17-23(32)31(16-8-14-20-11-5-2-6-12-20)18-21(22)15-7-13-19-9-3-1-4-10-19/h1-14,17-18,24H,15-16H2/b13-7+,14-8+. The smallest absolute Gasteiger partial charge is 0.314 e. The van der Waals surface area contributed by atoms with Gasteiger partial charge in [-0.2, -0.15) is 8.78 Å². The van der Waals surface area contributed by atoms with E-state index in [0.717, 1.165) is 11.1 Å². The average Bonchev–Trinajstić information content (AvgIpc) is 3.33. The summed E-state index contributed by atoms with van der Waals surface area (Å²) in [5, 5.41) is 7.12. The first kappa shape index (κ1) is 22.1. The minimum Gasteiger partial charge on any atom is -0.415 e. The zero-order valence-electron chi connectivity index (χ0n) is 17.6. The monoisotopic (exact) mass is 445 g/mol. The third-order valence-corrected chi connectivity index (χ3v) is 4.93. The number of benzene rings is 2. The van der Waals surface area contributed by atoms with Crippen LogP contribution < -0.4 is 5.56 Å². The first-order valence-corrected chi connectivity index (χ1v) is 10.4. The largest absolute Gasteiger partial charge is 0.415 e. The number of halogens is 2. The van der Waals surface area contributed by atoms with Crippen molar-refractivity contribution in [3.8, 4) is 11.5 Å². The van der Waals surface area contributed by atoms with Crippen LogP contribution in [0.1, 0.15) is 29.0 Å². The molecule has 0 saturated heterocycles. The van der Waals surface area contributed by atoms with Gasteiger partial charge in [-0.25, -0.2) is 0 Å². The molecule has 0 N–H and O–H groups in total. The fourth-order valence-corrected chi connectivity index (χ4v) is 3.31. The Kier molecular flexibility index (Phi) is 6.99. The fraction of sp³-hybridized carbons (Fsp3) is 0.115. The number of rotatable bonds is 8. The third kappa shape index (κ3) is 5.77. The second-order valence-electron chi connectivity index (χ2n) is 7.28. The Morgan fingerprint density at radius 3 is 2.15 bits per heavy atom. The van der Waals surface area contributed by atoms with E-state index in [1.807, 2.05) is 85.0 Å². The maximum absolute atomic E-state index is 12.9. The van der Waals surface area contributed by atoms with Gasteiger partial charge in [0.05, 0.1) is 0 Å². The Balaban J connectivity index is 1.64. The van der Waals surface area contributed by atoms with Crippen molar-refractivity contribution in [2.45, 2.75) is 19.4 Å². The van der Waals surface area contributed by atoms with Crippen LogP contribution in [0.3, 0.4) is 0 Å². The summed E-state index contributed by atoms with van der Waals surface area (Å²) in [6.07, 6.45) is 6.98. The molecule has 7 heteroatoms. The SMILES string of the molecule is O=c1cc(-c2nnc(C(F)F)o2)c(C/C=C/c2ccccc2)cn1C/C=C/c1ccccc1. The molecule has 5 nitrogen and oxygen atoms in total. The molecule has 0 unspecified atom stereocenters. The highest BCUT2D eigenvalue weighted by Gasteiger charge is 2.19. The van der Waals surface area contributed by atoms with E-state index in [2.05, 4.69) is 10.2 Å². The van der Waals surface area contributed by atoms with E-state index in [1.165, 1.54) is 6.07 Å². The fourth-order valence-electron chi connectivity index (χ4n) is 3.31. The molecular weight excluding hydrogens is 424 g/mol. The second-order valence-corrected chi connectivity index (χ2v) is 7.28. The normalized spacial score (nSPS) is 11.7. The Bertz CT molecular complexity index is 1310. The molecule has 33 heavy (non-hydrogen) atoms. The summed E-state index contributed by atoms with van der Waals surface area (Å²) < 4.78 is 32.5. The molecular formula is C26H21F2N3O2. The predicted molar refractivity (Wildman–Crippen MR) is 124 cm³/mol. The lowest BCUT2D eigenvalue weighted by Crippen LogP contribution is -2.19. The summed E-state index contributed by atoms with van der Waals surface area (Å²) in [4.78, 5) is 12.7. The molecule has 0 aliphatic carbocycles. The summed E-state index contributed by atoms with van der Waals surface area (Å²) in [6.45, 7) is 0.357. The number of hydrogen-bond donors (Lipinski definition) is 0. The molecule has 0 bridgehead atoms. The van der Waals surface area contributed by atoms with Crippen LogP contribution in [0.4, 0.5) is 8.78 Å². The summed E-state index contributed by atoms with van der Waals surface area (Å²) in [5.74, 6) is -0.872. The molecule has 2 aromatic carbocycles. The minimum absolute atomic E-state index is 0.0995. The highest BCUT2D eigenvalue weighted by Crippen LogP contribution is 2.25. The minimum atomic E-state index is -2.88. The zero-order valence-corrected chi connectivity index (χ0v) is 17.6. The van der Waals surface area contributed by atoms with Crippen LogP contribution in [-0.4, -0.2) is 14.8 Å². The van der Waals surface area contributed by atoms with E-state index in [0.29, 0.717) is 24.1 Å². The molecule has 4 rings (SSSR count).